The van der Waals surface area contributed by atoms with Gasteiger partial charge in [-0.25, -0.2) is 0 Å². The van der Waals surface area contributed by atoms with Crippen molar-refractivity contribution < 1.29 is 9.59 Å². The third kappa shape index (κ3) is 5.51. The lowest BCUT2D eigenvalue weighted by Gasteiger charge is -2.28. The van der Waals surface area contributed by atoms with Gasteiger partial charge in [-0.2, -0.15) is 0 Å². The summed E-state index contributed by atoms with van der Waals surface area (Å²) in [5.41, 5.74) is 0.642. The summed E-state index contributed by atoms with van der Waals surface area (Å²) in [6, 6.07) is 10.5. The number of carbonyl (C=O) groups excluding carboxylic acids is 2. The molecule has 3 rings (SSSR count). The first-order valence-electron chi connectivity index (χ1n) is 9.24. The normalized spacial score (nSPS) is 19.3. The van der Waals surface area contributed by atoms with Gasteiger partial charge in [-0.15, -0.1) is 0 Å². The fraction of sp³-hybridized carbons (Fsp3) is 0.400. The van der Waals surface area contributed by atoms with Crippen LogP contribution in [-0.2, 0) is 22.7 Å². The Morgan fingerprint density at radius 2 is 1.85 bits per heavy atom. The van der Waals surface area contributed by atoms with E-state index >= 15 is 0 Å². The molecule has 142 valence electrons. The number of carbonyl (C=O) groups is 2. The number of amides is 2. The Hall–Kier alpha value is -2.96. The van der Waals surface area contributed by atoms with Crippen molar-refractivity contribution in [3.8, 4) is 0 Å². The fourth-order valence-electron chi connectivity index (χ4n) is 3.34. The van der Waals surface area contributed by atoms with Crippen LogP contribution in [0.4, 0.5) is 0 Å². The standard InChI is InChI=1S/C20H24N4O3/c25-18(14-24-12-4-2-6-19(24)26)23-16-9-7-15(8-10-16)20(27)22-13-17-5-1-3-11-21-17/h1-6,11-12,15-16H,7-10,13-14H2,(H,22,27)(H,23,25). The van der Waals surface area contributed by atoms with Crippen molar-refractivity contribution in [2.75, 3.05) is 0 Å². The largest absolute Gasteiger partial charge is 0.352 e. The number of hydrogen-bond donors (Lipinski definition) is 2. The average molecular weight is 368 g/mol. The van der Waals surface area contributed by atoms with E-state index in [1.165, 1.54) is 10.6 Å². The van der Waals surface area contributed by atoms with Crippen molar-refractivity contribution in [1.29, 1.82) is 0 Å². The number of nitrogens with zero attached hydrogens (tertiary/aromatic N) is 2. The second-order valence-corrected chi connectivity index (χ2v) is 6.82. The Morgan fingerprint density at radius 3 is 2.56 bits per heavy atom. The second kappa shape index (κ2) is 9.12. The van der Waals surface area contributed by atoms with Crippen LogP contribution < -0.4 is 16.2 Å². The van der Waals surface area contributed by atoms with E-state index in [0.717, 1.165) is 31.4 Å². The summed E-state index contributed by atoms with van der Waals surface area (Å²) >= 11 is 0. The zero-order chi connectivity index (χ0) is 19.1. The van der Waals surface area contributed by atoms with Crippen LogP contribution in [0.15, 0.2) is 53.6 Å². The van der Waals surface area contributed by atoms with E-state index in [1.807, 2.05) is 18.2 Å². The van der Waals surface area contributed by atoms with Crippen molar-refractivity contribution in [3.63, 3.8) is 0 Å². The van der Waals surface area contributed by atoms with Crippen molar-refractivity contribution in [3.05, 3.63) is 64.8 Å². The Balaban J connectivity index is 1.40. The Kier molecular flexibility index (Phi) is 6.35. The summed E-state index contributed by atoms with van der Waals surface area (Å²) in [5.74, 6) is -0.161. The highest BCUT2D eigenvalue weighted by molar-refractivity contribution is 5.79. The molecule has 7 nitrogen and oxygen atoms in total. The summed E-state index contributed by atoms with van der Waals surface area (Å²) in [6.45, 7) is 0.451. The van der Waals surface area contributed by atoms with Gasteiger partial charge in [0.15, 0.2) is 0 Å². The smallest absolute Gasteiger partial charge is 0.250 e. The highest BCUT2D eigenvalue weighted by Crippen LogP contribution is 2.24. The average Bonchev–Trinajstić information content (AvgIpc) is 2.69. The lowest BCUT2D eigenvalue weighted by molar-refractivity contribution is -0.126. The Bertz CT molecular complexity index is 826. The molecule has 0 saturated heterocycles. The van der Waals surface area contributed by atoms with Crippen LogP contribution >= 0.6 is 0 Å². The molecule has 0 aliphatic heterocycles. The molecule has 27 heavy (non-hydrogen) atoms. The molecule has 2 amide bonds. The number of aromatic nitrogens is 2. The predicted molar refractivity (Wildman–Crippen MR) is 101 cm³/mol. The number of pyridine rings is 2. The molecule has 0 unspecified atom stereocenters. The van der Waals surface area contributed by atoms with Gasteiger partial charge < -0.3 is 15.2 Å². The SMILES string of the molecule is O=C(Cn1ccccc1=O)NC1CCC(C(=O)NCc2ccccn2)CC1. The Labute approximate surface area is 157 Å². The van der Waals surface area contributed by atoms with Crippen LogP contribution in [0.5, 0.6) is 0 Å². The van der Waals surface area contributed by atoms with Gasteiger partial charge in [-0.1, -0.05) is 12.1 Å². The van der Waals surface area contributed by atoms with E-state index in [1.54, 1.807) is 24.5 Å². The quantitative estimate of drug-likeness (QED) is 0.802. The van der Waals surface area contributed by atoms with Gasteiger partial charge in [-0.3, -0.25) is 19.4 Å². The molecule has 0 spiro atoms. The fourth-order valence-corrected chi connectivity index (χ4v) is 3.34. The zero-order valence-corrected chi connectivity index (χ0v) is 15.1. The van der Waals surface area contributed by atoms with Crippen molar-refractivity contribution >= 4 is 11.8 Å². The predicted octanol–water partition coefficient (Wildman–Crippen LogP) is 1.23. The van der Waals surface area contributed by atoms with E-state index in [0.29, 0.717) is 6.54 Å². The molecule has 0 aromatic carbocycles. The van der Waals surface area contributed by atoms with Gasteiger partial charge in [0.05, 0.1) is 12.2 Å². The zero-order valence-electron chi connectivity index (χ0n) is 15.1. The lowest BCUT2D eigenvalue weighted by Crippen LogP contribution is -2.42. The Morgan fingerprint density at radius 1 is 1.07 bits per heavy atom. The molecule has 1 saturated carbocycles. The van der Waals surface area contributed by atoms with E-state index in [-0.39, 0.29) is 35.9 Å². The topological polar surface area (TPSA) is 93.1 Å². The molecule has 2 aromatic rings. The molecule has 1 fully saturated rings. The molecule has 2 aromatic heterocycles. The minimum Gasteiger partial charge on any atom is -0.352 e. The first kappa shape index (κ1) is 18.8. The second-order valence-electron chi connectivity index (χ2n) is 6.82. The molecule has 2 heterocycles. The molecule has 0 radical (unpaired) electrons. The minimum absolute atomic E-state index is 0.0180. The maximum atomic E-state index is 12.3. The summed E-state index contributed by atoms with van der Waals surface area (Å²) in [7, 11) is 0. The van der Waals surface area contributed by atoms with Crippen molar-refractivity contribution in [2.45, 2.75) is 44.8 Å². The van der Waals surface area contributed by atoms with Gasteiger partial charge in [0.2, 0.25) is 11.8 Å². The molecule has 7 heteroatoms. The highest BCUT2D eigenvalue weighted by atomic mass is 16.2. The van der Waals surface area contributed by atoms with E-state index in [9.17, 15) is 14.4 Å². The van der Waals surface area contributed by atoms with Crippen LogP contribution in [-0.4, -0.2) is 27.4 Å². The van der Waals surface area contributed by atoms with Crippen LogP contribution in [0.25, 0.3) is 0 Å². The van der Waals surface area contributed by atoms with E-state index < -0.39 is 0 Å². The number of hydrogen-bond acceptors (Lipinski definition) is 4. The van der Waals surface area contributed by atoms with E-state index in [4.69, 9.17) is 0 Å². The number of rotatable bonds is 6. The summed E-state index contributed by atoms with van der Waals surface area (Å²) in [4.78, 5) is 40.3. The molecular weight excluding hydrogens is 344 g/mol. The molecule has 0 bridgehead atoms. The lowest BCUT2D eigenvalue weighted by atomic mass is 9.85. The monoisotopic (exact) mass is 368 g/mol. The molecular formula is C20H24N4O3. The molecule has 0 atom stereocenters. The molecule has 1 aliphatic carbocycles. The van der Waals surface area contributed by atoms with Gasteiger partial charge in [0, 0.05) is 30.4 Å². The molecule has 1 aliphatic rings. The first-order chi connectivity index (χ1) is 13.1. The van der Waals surface area contributed by atoms with Gasteiger partial charge >= 0.3 is 0 Å². The van der Waals surface area contributed by atoms with Crippen molar-refractivity contribution in [1.82, 2.24) is 20.2 Å². The van der Waals surface area contributed by atoms with Gasteiger partial charge in [0.1, 0.15) is 6.54 Å². The van der Waals surface area contributed by atoms with E-state index in [2.05, 4.69) is 15.6 Å². The summed E-state index contributed by atoms with van der Waals surface area (Å²) < 4.78 is 1.38. The van der Waals surface area contributed by atoms with Crippen LogP contribution in [0.1, 0.15) is 31.4 Å². The number of nitrogens with one attached hydrogen (secondary N) is 2. The first-order valence-corrected chi connectivity index (χ1v) is 9.24. The summed E-state index contributed by atoms with van der Waals surface area (Å²) in [6.07, 6.45) is 6.31. The van der Waals surface area contributed by atoms with Crippen LogP contribution in [0.2, 0.25) is 0 Å². The van der Waals surface area contributed by atoms with Gasteiger partial charge in [-0.05, 0) is 43.9 Å². The highest BCUT2D eigenvalue weighted by Gasteiger charge is 2.27. The maximum absolute atomic E-state index is 12.3. The van der Waals surface area contributed by atoms with Gasteiger partial charge in [0.25, 0.3) is 5.56 Å². The minimum atomic E-state index is -0.194. The van der Waals surface area contributed by atoms with Crippen molar-refractivity contribution in [2.24, 2.45) is 5.92 Å². The maximum Gasteiger partial charge on any atom is 0.250 e. The third-order valence-corrected chi connectivity index (χ3v) is 4.85. The van der Waals surface area contributed by atoms with Crippen LogP contribution in [0, 0.1) is 5.92 Å². The van der Waals surface area contributed by atoms with Crippen LogP contribution in [0.3, 0.4) is 0 Å². The molecule has 2 N–H and O–H groups in total. The summed E-state index contributed by atoms with van der Waals surface area (Å²) in [5, 5.41) is 5.91. The third-order valence-electron chi connectivity index (χ3n) is 4.85.